The van der Waals surface area contributed by atoms with Crippen LogP contribution in [0.3, 0.4) is 0 Å². The normalized spacial score (nSPS) is 15.4. The Hall–Kier alpha value is -4.04. The molecule has 6 rings (SSSR count). The van der Waals surface area contributed by atoms with Crippen molar-refractivity contribution in [3.05, 3.63) is 89.4 Å². The standard InChI is InChI=1S/C28H29N5O3/c1-20-5-8-23(9-6-20)33-27(31-11-3-4-12-31)26(21(2)29-33)28(34)32-15-13-30(14-16-32)18-22-7-10-24-25(17-22)36-19-35-24/h3-12,17H,13-16,18-19H2,1-2H3. The average molecular weight is 484 g/mol. The van der Waals surface area contributed by atoms with Crippen LogP contribution < -0.4 is 9.47 Å². The fourth-order valence-corrected chi connectivity index (χ4v) is 4.91. The molecule has 1 amide bonds. The minimum Gasteiger partial charge on any atom is -0.454 e. The van der Waals surface area contributed by atoms with Gasteiger partial charge in [-0.15, -0.1) is 0 Å². The Balaban J connectivity index is 1.22. The van der Waals surface area contributed by atoms with Gasteiger partial charge in [-0.25, -0.2) is 4.68 Å². The number of hydrogen-bond donors (Lipinski definition) is 0. The first-order chi connectivity index (χ1) is 17.6. The topological polar surface area (TPSA) is 64.8 Å². The van der Waals surface area contributed by atoms with Crippen LogP contribution >= 0.6 is 0 Å². The van der Waals surface area contributed by atoms with E-state index in [9.17, 15) is 4.79 Å². The first-order valence-electron chi connectivity index (χ1n) is 12.3. The monoisotopic (exact) mass is 483 g/mol. The first kappa shape index (κ1) is 22.4. The van der Waals surface area contributed by atoms with Gasteiger partial charge in [0.05, 0.1) is 11.4 Å². The lowest BCUT2D eigenvalue weighted by atomic mass is 10.1. The van der Waals surface area contributed by atoms with Gasteiger partial charge in [0, 0.05) is 45.1 Å². The largest absolute Gasteiger partial charge is 0.454 e. The summed E-state index contributed by atoms with van der Waals surface area (Å²) in [5, 5.41) is 4.80. The third-order valence-corrected chi connectivity index (χ3v) is 6.88. The Morgan fingerprint density at radius 1 is 0.917 bits per heavy atom. The number of carbonyl (C=O) groups is 1. The molecule has 0 bridgehead atoms. The highest BCUT2D eigenvalue weighted by Gasteiger charge is 2.29. The Morgan fingerprint density at radius 2 is 1.64 bits per heavy atom. The van der Waals surface area contributed by atoms with Crippen LogP contribution in [0.5, 0.6) is 11.5 Å². The van der Waals surface area contributed by atoms with Crippen molar-refractivity contribution >= 4 is 5.91 Å². The van der Waals surface area contributed by atoms with Gasteiger partial charge < -0.3 is 18.9 Å². The number of aromatic nitrogens is 3. The molecule has 8 heteroatoms. The average Bonchev–Trinajstić information content (AvgIpc) is 3.64. The van der Waals surface area contributed by atoms with Crippen LogP contribution in [-0.4, -0.2) is 63.0 Å². The molecule has 0 unspecified atom stereocenters. The molecule has 2 aliphatic rings. The molecule has 4 heterocycles. The van der Waals surface area contributed by atoms with E-state index in [1.807, 2.05) is 69.9 Å². The summed E-state index contributed by atoms with van der Waals surface area (Å²) in [6.45, 7) is 8.04. The fourth-order valence-electron chi connectivity index (χ4n) is 4.91. The van der Waals surface area contributed by atoms with Crippen molar-refractivity contribution in [3.8, 4) is 23.0 Å². The summed E-state index contributed by atoms with van der Waals surface area (Å²) in [5.41, 5.74) is 4.67. The van der Waals surface area contributed by atoms with E-state index >= 15 is 0 Å². The van der Waals surface area contributed by atoms with Gasteiger partial charge in [0.2, 0.25) is 6.79 Å². The van der Waals surface area contributed by atoms with Crippen LogP contribution in [0.4, 0.5) is 0 Å². The molecular formula is C28H29N5O3. The molecule has 184 valence electrons. The maximum absolute atomic E-state index is 13.8. The third-order valence-electron chi connectivity index (χ3n) is 6.88. The summed E-state index contributed by atoms with van der Waals surface area (Å²) in [5.74, 6) is 2.40. The molecule has 0 N–H and O–H groups in total. The number of hydrogen-bond acceptors (Lipinski definition) is 5. The van der Waals surface area contributed by atoms with E-state index in [1.54, 1.807) is 0 Å². The van der Waals surface area contributed by atoms with E-state index in [1.165, 1.54) is 11.1 Å². The Kier molecular flexibility index (Phi) is 5.73. The molecule has 8 nitrogen and oxygen atoms in total. The maximum Gasteiger partial charge on any atom is 0.259 e. The molecule has 0 saturated carbocycles. The smallest absolute Gasteiger partial charge is 0.259 e. The molecule has 1 saturated heterocycles. The zero-order valence-electron chi connectivity index (χ0n) is 20.6. The molecule has 0 spiro atoms. The second kappa shape index (κ2) is 9.20. The first-order valence-corrected chi connectivity index (χ1v) is 12.3. The van der Waals surface area contributed by atoms with Crippen LogP contribution in [0.1, 0.15) is 27.2 Å². The van der Waals surface area contributed by atoms with E-state index in [-0.39, 0.29) is 12.7 Å². The third kappa shape index (κ3) is 4.13. The number of amides is 1. The minimum atomic E-state index is 0.0253. The van der Waals surface area contributed by atoms with Gasteiger partial charge in [-0.05, 0) is 55.8 Å². The Bertz CT molecular complexity index is 1380. The van der Waals surface area contributed by atoms with Crippen molar-refractivity contribution in [1.29, 1.82) is 0 Å². The van der Waals surface area contributed by atoms with E-state index in [0.29, 0.717) is 18.7 Å². The summed E-state index contributed by atoms with van der Waals surface area (Å²) in [7, 11) is 0. The van der Waals surface area contributed by atoms with Gasteiger partial charge >= 0.3 is 0 Å². The molecule has 0 aliphatic carbocycles. The van der Waals surface area contributed by atoms with Crippen LogP contribution in [-0.2, 0) is 6.54 Å². The predicted molar refractivity (Wildman–Crippen MR) is 136 cm³/mol. The van der Waals surface area contributed by atoms with Gasteiger partial charge in [-0.2, -0.15) is 5.10 Å². The molecule has 0 atom stereocenters. The summed E-state index contributed by atoms with van der Waals surface area (Å²) in [6.07, 6.45) is 3.92. The van der Waals surface area contributed by atoms with Crippen LogP contribution in [0.25, 0.3) is 11.5 Å². The second-order valence-electron chi connectivity index (χ2n) is 9.38. The van der Waals surface area contributed by atoms with Crippen molar-refractivity contribution in [2.75, 3.05) is 33.0 Å². The lowest BCUT2D eigenvalue weighted by molar-refractivity contribution is 0.0627. The molecule has 2 aromatic carbocycles. The van der Waals surface area contributed by atoms with Crippen molar-refractivity contribution in [2.24, 2.45) is 0 Å². The number of piperazine rings is 1. The number of fused-ring (bicyclic) bond motifs is 1. The summed E-state index contributed by atoms with van der Waals surface area (Å²) in [6, 6.07) is 18.2. The highest BCUT2D eigenvalue weighted by molar-refractivity contribution is 5.98. The van der Waals surface area contributed by atoms with Gasteiger partial charge in [0.25, 0.3) is 5.91 Å². The van der Waals surface area contributed by atoms with Gasteiger partial charge in [0.15, 0.2) is 17.3 Å². The van der Waals surface area contributed by atoms with Crippen molar-refractivity contribution in [1.82, 2.24) is 24.1 Å². The van der Waals surface area contributed by atoms with Gasteiger partial charge in [-0.3, -0.25) is 9.69 Å². The van der Waals surface area contributed by atoms with Gasteiger partial charge in [-0.1, -0.05) is 23.8 Å². The van der Waals surface area contributed by atoms with E-state index in [2.05, 4.69) is 30.0 Å². The van der Waals surface area contributed by atoms with E-state index < -0.39 is 0 Å². The Labute approximate surface area is 210 Å². The minimum absolute atomic E-state index is 0.0253. The number of nitrogens with zero attached hydrogens (tertiary/aromatic N) is 5. The summed E-state index contributed by atoms with van der Waals surface area (Å²) < 4.78 is 14.8. The van der Waals surface area contributed by atoms with E-state index in [4.69, 9.17) is 14.6 Å². The molecule has 4 aromatic rings. The molecule has 2 aromatic heterocycles. The SMILES string of the molecule is Cc1ccc(-n2nc(C)c(C(=O)N3CCN(Cc4ccc5c(c4)OCO5)CC3)c2-n2cccc2)cc1. The second-order valence-corrected chi connectivity index (χ2v) is 9.38. The van der Waals surface area contributed by atoms with Crippen LogP contribution in [0, 0.1) is 13.8 Å². The fraction of sp³-hybridized carbons (Fsp3) is 0.286. The lowest BCUT2D eigenvalue weighted by Gasteiger charge is -2.35. The quantitative estimate of drug-likeness (QED) is 0.430. The molecule has 1 fully saturated rings. The number of aryl methyl sites for hydroxylation is 2. The summed E-state index contributed by atoms with van der Waals surface area (Å²) >= 11 is 0. The zero-order valence-corrected chi connectivity index (χ0v) is 20.6. The Morgan fingerprint density at radius 3 is 2.39 bits per heavy atom. The van der Waals surface area contributed by atoms with Crippen molar-refractivity contribution in [3.63, 3.8) is 0 Å². The number of rotatable bonds is 5. The maximum atomic E-state index is 13.8. The number of carbonyl (C=O) groups excluding carboxylic acids is 1. The van der Waals surface area contributed by atoms with Gasteiger partial charge in [0.1, 0.15) is 5.56 Å². The number of benzene rings is 2. The van der Waals surface area contributed by atoms with Crippen molar-refractivity contribution in [2.45, 2.75) is 20.4 Å². The van der Waals surface area contributed by atoms with E-state index in [0.717, 1.165) is 48.3 Å². The highest BCUT2D eigenvalue weighted by Crippen LogP contribution is 2.33. The van der Waals surface area contributed by atoms with Crippen molar-refractivity contribution < 1.29 is 14.3 Å². The molecule has 36 heavy (non-hydrogen) atoms. The predicted octanol–water partition coefficient (Wildman–Crippen LogP) is 3.97. The highest BCUT2D eigenvalue weighted by atomic mass is 16.7. The number of ether oxygens (including phenoxy) is 2. The van der Waals surface area contributed by atoms with Crippen LogP contribution in [0.2, 0.25) is 0 Å². The molecule has 2 aliphatic heterocycles. The molecule has 0 radical (unpaired) electrons. The lowest BCUT2D eigenvalue weighted by Crippen LogP contribution is -2.48. The summed E-state index contributed by atoms with van der Waals surface area (Å²) in [4.78, 5) is 18.2. The van der Waals surface area contributed by atoms with Crippen LogP contribution in [0.15, 0.2) is 67.0 Å². The zero-order chi connectivity index (χ0) is 24.6. The molecular weight excluding hydrogens is 454 g/mol.